The van der Waals surface area contributed by atoms with Gasteiger partial charge in [0.2, 0.25) is 0 Å². The normalized spacial score (nSPS) is 22.8. The Morgan fingerprint density at radius 3 is 2.38 bits per heavy atom. The summed E-state index contributed by atoms with van der Waals surface area (Å²) in [5, 5.41) is 9.97. The zero-order chi connectivity index (χ0) is 23.2. The second-order valence-corrected chi connectivity index (χ2v) is 11.6. The first-order valence-electron chi connectivity index (χ1n) is 10.7. The van der Waals surface area contributed by atoms with E-state index >= 15 is 0 Å². The maximum absolute atomic E-state index is 11.5. The largest absolute Gasteiger partial charge is 0.478 e. The first-order chi connectivity index (χ1) is 15.1. The van der Waals surface area contributed by atoms with E-state index in [0.29, 0.717) is 39.2 Å². The number of hydrogen-bond acceptors (Lipinski definition) is 5. The average Bonchev–Trinajstić information content (AvgIpc) is 2.83. The highest BCUT2D eigenvalue weighted by molar-refractivity contribution is 8.22. The van der Waals surface area contributed by atoms with Crippen molar-refractivity contribution in [1.82, 2.24) is 4.31 Å². The SMILES string of the molecule is CN1CC(C2CCCCC2)N(C)S(O)(O)c2cc(-c3ccc(Cl)c(C(=O)O)c3)c(Cl)cc21. The minimum atomic E-state index is -3.28. The zero-order valence-electron chi connectivity index (χ0n) is 18.1. The molecule has 1 fully saturated rings. The van der Waals surface area contributed by atoms with Crippen molar-refractivity contribution in [1.29, 1.82) is 0 Å². The van der Waals surface area contributed by atoms with Crippen molar-refractivity contribution >= 4 is 45.6 Å². The number of carboxylic acids is 1. The molecule has 32 heavy (non-hydrogen) atoms. The van der Waals surface area contributed by atoms with Crippen molar-refractivity contribution in [2.75, 3.05) is 25.5 Å². The molecule has 6 nitrogen and oxygen atoms in total. The van der Waals surface area contributed by atoms with Crippen molar-refractivity contribution in [3.05, 3.63) is 45.9 Å². The second-order valence-electron chi connectivity index (χ2n) is 8.71. The van der Waals surface area contributed by atoms with Crippen LogP contribution in [-0.2, 0) is 0 Å². The van der Waals surface area contributed by atoms with Crippen molar-refractivity contribution in [2.24, 2.45) is 5.92 Å². The monoisotopic (exact) mass is 498 g/mol. The van der Waals surface area contributed by atoms with E-state index in [0.717, 1.165) is 12.8 Å². The predicted octanol–water partition coefficient (Wildman–Crippen LogP) is 6.71. The molecule has 0 spiro atoms. The number of hydrogen-bond donors (Lipinski definition) is 3. The molecule has 1 aliphatic carbocycles. The number of carbonyl (C=O) groups is 1. The fourth-order valence-corrected chi connectivity index (χ4v) is 7.10. The van der Waals surface area contributed by atoms with E-state index in [1.807, 2.05) is 11.9 Å². The van der Waals surface area contributed by atoms with Gasteiger partial charge in [0.1, 0.15) is 0 Å². The molecular weight excluding hydrogens is 471 g/mol. The van der Waals surface area contributed by atoms with Crippen LogP contribution in [0.2, 0.25) is 10.0 Å². The van der Waals surface area contributed by atoms with E-state index < -0.39 is 16.7 Å². The molecule has 4 rings (SSSR count). The van der Waals surface area contributed by atoms with Gasteiger partial charge in [0.25, 0.3) is 0 Å². The summed E-state index contributed by atoms with van der Waals surface area (Å²) >= 11 is 12.7. The maximum atomic E-state index is 11.5. The average molecular weight is 499 g/mol. The maximum Gasteiger partial charge on any atom is 0.337 e. The van der Waals surface area contributed by atoms with Crippen LogP contribution in [0.1, 0.15) is 42.5 Å². The molecule has 1 heterocycles. The fraction of sp³-hybridized carbons (Fsp3) is 0.435. The number of likely N-dealkylation sites (N-methyl/N-ethyl adjacent to an activating group) is 2. The molecule has 3 N–H and O–H groups in total. The Morgan fingerprint density at radius 2 is 1.72 bits per heavy atom. The van der Waals surface area contributed by atoms with Crippen molar-refractivity contribution in [2.45, 2.75) is 43.0 Å². The lowest BCUT2D eigenvalue weighted by Gasteiger charge is -2.46. The number of anilines is 1. The molecular formula is C23H28Cl2N2O4S. The Kier molecular flexibility index (Phi) is 6.69. The molecule has 0 amide bonds. The van der Waals surface area contributed by atoms with Crippen molar-refractivity contribution in [3.8, 4) is 11.1 Å². The molecule has 1 atom stereocenters. The summed E-state index contributed by atoms with van der Waals surface area (Å²) in [6.07, 6.45) is 5.75. The van der Waals surface area contributed by atoms with Gasteiger partial charge in [-0.1, -0.05) is 48.5 Å². The molecule has 1 aliphatic heterocycles. The van der Waals surface area contributed by atoms with Crippen molar-refractivity contribution in [3.63, 3.8) is 0 Å². The van der Waals surface area contributed by atoms with Gasteiger partial charge in [-0.25, -0.2) is 4.79 Å². The summed E-state index contributed by atoms with van der Waals surface area (Å²) < 4.78 is 24.6. The summed E-state index contributed by atoms with van der Waals surface area (Å²) in [6.45, 7) is 0.670. The van der Waals surface area contributed by atoms with Crippen LogP contribution in [0.4, 0.5) is 5.69 Å². The Balaban J connectivity index is 1.81. The third-order valence-corrected chi connectivity index (χ3v) is 9.42. The lowest BCUT2D eigenvalue weighted by molar-refractivity contribution is 0.0697. The van der Waals surface area contributed by atoms with E-state index in [2.05, 4.69) is 0 Å². The number of carboxylic acid groups (broad SMARTS) is 1. The highest BCUT2D eigenvalue weighted by Crippen LogP contribution is 2.59. The summed E-state index contributed by atoms with van der Waals surface area (Å²) in [7, 11) is 0.457. The molecule has 0 radical (unpaired) electrons. The smallest absolute Gasteiger partial charge is 0.337 e. The molecule has 0 saturated heterocycles. The van der Waals surface area contributed by atoms with Crippen LogP contribution < -0.4 is 4.90 Å². The minimum Gasteiger partial charge on any atom is -0.478 e. The lowest BCUT2D eigenvalue weighted by Crippen LogP contribution is -2.45. The van der Waals surface area contributed by atoms with Crippen LogP contribution >= 0.6 is 34.0 Å². The van der Waals surface area contributed by atoms with Crippen LogP contribution in [0.15, 0.2) is 35.2 Å². The van der Waals surface area contributed by atoms with Crippen LogP contribution in [0.5, 0.6) is 0 Å². The first-order valence-corrected chi connectivity index (χ1v) is 13.0. The summed E-state index contributed by atoms with van der Waals surface area (Å²) in [5.41, 5.74) is 1.72. The standard InChI is InChI=1S/C23H28Cl2N2O4S/c1-26-13-21(14-6-4-3-5-7-14)27(2)32(30,31)22-11-16(19(25)12-20(22)26)15-8-9-18(24)17(10-15)23(28)29/h8-12,14,21,30-31H,3-7,13H2,1-2H3,(H,28,29). The minimum absolute atomic E-state index is 0.00840. The number of halogens is 2. The lowest BCUT2D eigenvalue weighted by atomic mass is 9.83. The van der Waals surface area contributed by atoms with Crippen molar-refractivity contribution < 1.29 is 19.0 Å². The van der Waals surface area contributed by atoms with Gasteiger partial charge in [-0.2, -0.15) is 4.31 Å². The van der Waals surface area contributed by atoms with Gasteiger partial charge >= 0.3 is 5.97 Å². The van der Waals surface area contributed by atoms with Crippen LogP contribution in [0, 0.1) is 5.92 Å². The van der Waals surface area contributed by atoms with Gasteiger partial charge in [-0.05, 0) is 48.6 Å². The van der Waals surface area contributed by atoms with E-state index in [9.17, 15) is 19.0 Å². The number of nitrogens with zero attached hydrogens (tertiary/aromatic N) is 2. The summed E-state index contributed by atoms with van der Waals surface area (Å²) in [5.74, 6) is -0.733. The number of aromatic carboxylic acids is 1. The van der Waals surface area contributed by atoms with Gasteiger partial charge in [-0.3, -0.25) is 9.11 Å². The Hall–Kier alpha value is -1.48. The molecule has 0 aromatic heterocycles. The molecule has 2 aromatic rings. The molecule has 2 aromatic carbocycles. The van der Waals surface area contributed by atoms with E-state index in [1.54, 1.807) is 29.6 Å². The van der Waals surface area contributed by atoms with Crippen LogP contribution in [0.25, 0.3) is 11.1 Å². The molecule has 1 unspecified atom stereocenters. The fourth-order valence-electron chi connectivity index (χ4n) is 4.94. The van der Waals surface area contributed by atoms with Crippen LogP contribution in [0.3, 0.4) is 0 Å². The van der Waals surface area contributed by atoms with E-state index in [1.165, 1.54) is 31.4 Å². The van der Waals surface area contributed by atoms with Gasteiger partial charge in [0.15, 0.2) is 0 Å². The molecule has 1 saturated carbocycles. The number of rotatable bonds is 3. The van der Waals surface area contributed by atoms with Gasteiger partial charge in [0.05, 0.1) is 26.2 Å². The number of benzene rings is 2. The topological polar surface area (TPSA) is 84.2 Å². The molecule has 174 valence electrons. The highest BCUT2D eigenvalue weighted by Gasteiger charge is 2.40. The third-order valence-electron chi connectivity index (χ3n) is 6.79. The Labute approximate surface area is 200 Å². The van der Waals surface area contributed by atoms with Crippen LogP contribution in [-0.4, -0.2) is 51.2 Å². The first kappa shape index (κ1) is 23.7. The van der Waals surface area contributed by atoms with Gasteiger partial charge in [0, 0.05) is 32.2 Å². The molecule has 0 bridgehead atoms. The molecule has 9 heteroatoms. The zero-order valence-corrected chi connectivity index (χ0v) is 20.4. The second kappa shape index (κ2) is 9.05. The van der Waals surface area contributed by atoms with Gasteiger partial charge in [-0.15, -0.1) is 10.8 Å². The van der Waals surface area contributed by atoms with Gasteiger partial charge < -0.3 is 10.0 Å². The van der Waals surface area contributed by atoms with E-state index in [4.69, 9.17) is 23.2 Å². The third kappa shape index (κ3) is 4.22. The summed E-state index contributed by atoms with van der Waals surface area (Å²) in [6, 6.07) is 8.08. The Bertz CT molecular complexity index is 1040. The summed E-state index contributed by atoms with van der Waals surface area (Å²) in [4.78, 5) is 14.0. The highest BCUT2D eigenvalue weighted by atomic mass is 35.5. The van der Waals surface area contributed by atoms with E-state index in [-0.39, 0.29) is 16.6 Å². The molecule has 2 aliphatic rings. The predicted molar refractivity (Wildman–Crippen MR) is 131 cm³/mol. The quantitative estimate of drug-likeness (QED) is 0.435. The number of fused-ring (bicyclic) bond motifs is 1. The Morgan fingerprint density at radius 1 is 1.03 bits per heavy atom.